The maximum atomic E-state index is 6.13. The van der Waals surface area contributed by atoms with Crippen LogP contribution in [0.25, 0.3) is 0 Å². The monoisotopic (exact) mass is 328 g/mol. The molecule has 0 aliphatic rings. The minimum Gasteiger partial charge on any atom is -0.467 e. The van der Waals surface area contributed by atoms with Gasteiger partial charge in [0.1, 0.15) is 16.1 Å². The van der Waals surface area contributed by atoms with Crippen molar-refractivity contribution >= 4 is 28.8 Å². The van der Waals surface area contributed by atoms with Gasteiger partial charge in [-0.2, -0.15) is 4.98 Å². The lowest BCUT2D eigenvalue weighted by Gasteiger charge is -2.18. The molecule has 0 saturated heterocycles. The second-order valence-corrected chi connectivity index (χ2v) is 5.74. The standard InChI is InChI=1S/C13H17ClN4O2S/c1-8(19-3)12-16-9(7-21-12)6-18(2)11-10(14)5-15-13(17-11)20-4/h5,7-8H,6H2,1-4H3/t8-/m0/s1. The van der Waals surface area contributed by atoms with Crippen molar-refractivity contribution in [2.45, 2.75) is 19.6 Å². The Morgan fingerprint density at radius 1 is 1.38 bits per heavy atom. The van der Waals surface area contributed by atoms with Gasteiger partial charge >= 0.3 is 6.01 Å². The van der Waals surface area contributed by atoms with Crippen molar-refractivity contribution in [2.75, 3.05) is 26.2 Å². The molecule has 0 aromatic carbocycles. The average molecular weight is 329 g/mol. The summed E-state index contributed by atoms with van der Waals surface area (Å²) in [6.45, 7) is 2.56. The van der Waals surface area contributed by atoms with Crippen molar-refractivity contribution in [1.29, 1.82) is 0 Å². The predicted molar refractivity (Wildman–Crippen MR) is 83.2 cm³/mol. The summed E-state index contributed by atoms with van der Waals surface area (Å²) in [5, 5.41) is 3.43. The van der Waals surface area contributed by atoms with Crippen LogP contribution in [0.1, 0.15) is 23.7 Å². The third kappa shape index (κ3) is 3.81. The molecule has 2 heterocycles. The van der Waals surface area contributed by atoms with Crippen LogP contribution in [0.5, 0.6) is 6.01 Å². The van der Waals surface area contributed by atoms with Crippen LogP contribution in [0.4, 0.5) is 5.82 Å². The number of aromatic nitrogens is 3. The minimum atomic E-state index is -0.00297. The molecule has 0 aliphatic heterocycles. The lowest BCUT2D eigenvalue weighted by molar-refractivity contribution is 0.119. The molecular formula is C13H17ClN4O2S. The van der Waals surface area contributed by atoms with Crippen LogP contribution in [-0.4, -0.2) is 36.2 Å². The summed E-state index contributed by atoms with van der Waals surface area (Å²) in [4.78, 5) is 14.7. The van der Waals surface area contributed by atoms with Crippen LogP contribution >= 0.6 is 22.9 Å². The lowest BCUT2D eigenvalue weighted by atomic mass is 10.4. The minimum absolute atomic E-state index is 0.00297. The number of halogens is 1. The second kappa shape index (κ2) is 7.02. The average Bonchev–Trinajstić information content (AvgIpc) is 2.95. The Morgan fingerprint density at radius 3 is 2.81 bits per heavy atom. The van der Waals surface area contributed by atoms with Crippen molar-refractivity contribution in [3.8, 4) is 6.01 Å². The van der Waals surface area contributed by atoms with E-state index >= 15 is 0 Å². The maximum Gasteiger partial charge on any atom is 0.318 e. The Labute approximate surface area is 132 Å². The van der Waals surface area contributed by atoms with Crippen LogP contribution in [-0.2, 0) is 11.3 Å². The van der Waals surface area contributed by atoms with Crippen molar-refractivity contribution in [3.63, 3.8) is 0 Å². The van der Waals surface area contributed by atoms with E-state index in [9.17, 15) is 0 Å². The van der Waals surface area contributed by atoms with Gasteiger partial charge in [0, 0.05) is 19.5 Å². The van der Waals surface area contributed by atoms with E-state index in [1.165, 1.54) is 13.3 Å². The fraction of sp³-hybridized carbons (Fsp3) is 0.462. The van der Waals surface area contributed by atoms with Crippen molar-refractivity contribution in [2.24, 2.45) is 0 Å². The van der Waals surface area contributed by atoms with Crippen LogP contribution < -0.4 is 9.64 Å². The number of thiazole rings is 1. The number of hydrogen-bond acceptors (Lipinski definition) is 7. The van der Waals surface area contributed by atoms with Crippen molar-refractivity contribution in [1.82, 2.24) is 15.0 Å². The van der Waals surface area contributed by atoms with Gasteiger partial charge in [0.2, 0.25) is 0 Å². The summed E-state index contributed by atoms with van der Waals surface area (Å²) >= 11 is 7.71. The molecule has 0 bridgehead atoms. The molecule has 0 saturated carbocycles. The van der Waals surface area contributed by atoms with E-state index in [0.29, 0.717) is 17.4 Å². The first-order valence-electron chi connectivity index (χ1n) is 6.30. The molecule has 21 heavy (non-hydrogen) atoms. The van der Waals surface area contributed by atoms with Gasteiger partial charge in [0.05, 0.1) is 25.5 Å². The molecule has 0 N–H and O–H groups in total. The number of ether oxygens (including phenoxy) is 2. The highest BCUT2D eigenvalue weighted by Gasteiger charge is 2.14. The number of nitrogens with zero attached hydrogens (tertiary/aromatic N) is 4. The molecule has 114 valence electrons. The predicted octanol–water partition coefficient (Wildman–Crippen LogP) is 2.94. The molecule has 0 fully saturated rings. The van der Waals surface area contributed by atoms with Gasteiger partial charge in [-0.05, 0) is 6.92 Å². The molecule has 6 nitrogen and oxygen atoms in total. The fourth-order valence-corrected chi connectivity index (χ4v) is 2.79. The number of rotatable bonds is 6. The first-order chi connectivity index (χ1) is 10.0. The molecule has 2 rings (SSSR count). The van der Waals surface area contributed by atoms with Crippen molar-refractivity contribution in [3.05, 3.63) is 27.3 Å². The Morgan fingerprint density at radius 2 is 2.14 bits per heavy atom. The summed E-state index contributed by atoms with van der Waals surface area (Å²) in [6.07, 6.45) is 1.52. The largest absolute Gasteiger partial charge is 0.467 e. The van der Waals surface area contributed by atoms with E-state index in [4.69, 9.17) is 21.1 Å². The second-order valence-electron chi connectivity index (χ2n) is 4.44. The Balaban J connectivity index is 2.14. The summed E-state index contributed by atoms with van der Waals surface area (Å²) < 4.78 is 10.3. The van der Waals surface area contributed by atoms with Gasteiger partial charge < -0.3 is 14.4 Å². The molecule has 0 spiro atoms. The number of hydrogen-bond donors (Lipinski definition) is 0. The number of anilines is 1. The molecule has 2 aromatic heterocycles. The van der Waals surface area contributed by atoms with Crippen molar-refractivity contribution < 1.29 is 9.47 Å². The van der Waals surface area contributed by atoms with Crippen LogP contribution in [0.15, 0.2) is 11.6 Å². The normalized spacial score (nSPS) is 12.2. The maximum absolute atomic E-state index is 6.13. The highest BCUT2D eigenvalue weighted by atomic mass is 35.5. The summed E-state index contributed by atoms with van der Waals surface area (Å²) in [6, 6.07) is 0.285. The van der Waals surface area contributed by atoms with Crippen LogP contribution in [0, 0.1) is 0 Å². The molecule has 0 unspecified atom stereocenters. The summed E-state index contributed by atoms with van der Waals surface area (Å²) in [7, 11) is 5.09. The molecule has 8 heteroatoms. The summed E-state index contributed by atoms with van der Waals surface area (Å²) in [5.41, 5.74) is 0.940. The smallest absolute Gasteiger partial charge is 0.318 e. The lowest BCUT2D eigenvalue weighted by Crippen LogP contribution is -2.19. The molecular weight excluding hydrogens is 312 g/mol. The van der Waals surface area contributed by atoms with E-state index in [0.717, 1.165) is 10.7 Å². The molecule has 0 radical (unpaired) electrons. The highest BCUT2D eigenvalue weighted by molar-refractivity contribution is 7.09. The first kappa shape index (κ1) is 15.9. The zero-order valence-electron chi connectivity index (χ0n) is 12.3. The Kier molecular flexibility index (Phi) is 5.33. The van der Waals surface area contributed by atoms with Crippen LogP contribution in [0.3, 0.4) is 0 Å². The zero-order valence-corrected chi connectivity index (χ0v) is 13.9. The fourth-order valence-electron chi connectivity index (χ4n) is 1.71. The Bertz CT molecular complexity index is 608. The highest BCUT2D eigenvalue weighted by Crippen LogP contribution is 2.26. The van der Waals surface area contributed by atoms with Gasteiger partial charge in [-0.25, -0.2) is 9.97 Å². The van der Waals surface area contributed by atoms with E-state index in [1.807, 2.05) is 24.3 Å². The van der Waals surface area contributed by atoms with Crippen LogP contribution in [0.2, 0.25) is 5.02 Å². The molecule has 0 aliphatic carbocycles. The first-order valence-corrected chi connectivity index (χ1v) is 7.55. The molecule has 0 amide bonds. The third-order valence-electron chi connectivity index (χ3n) is 2.92. The SMILES string of the molecule is COc1ncc(Cl)c(N(C)Cc2csc([C@H](C)OC)n2)n1. The van der Waals surface area contributed by atoms with E-state index < -0.39 is 0 Å². The molecule has 1 atom stereocenters. The zero-order chi connectivity index (χ0) is 15.4. The third-order valence-corrected chi connectivity index (χ3v) is 4.24. The van der Waals surface area contributed by atoms with Gasteiger partial charge in [-0.15, -0.1) is 11.3 Å². The van der Waals surface area contributed by atoms with E-state index in [-0.39, 0.29) is 12.1 Å². The summed E-state index contributed by atoms with van der Waals surface area (Å²) in [5.74, 6) is 0.609. The topological polar surface area (TPSA) is 60.4 Å². The van der Waals surface area contributed by atoms with Gasteiger partial charge in [-0.3, -0.25) is 0 Å². The van der Waals surface area contributed by atoms with Gasteiger partial charge in [0.25, 0.3) is 0 Å². The van der Waals surface area contributed by atoms with Gasteiger partial charge in [-0.1, -0.05) is 11.6 Å². The molecule has 2 aromatic rings. The van der Waals surface area contributed by atoms with Gasteiger partial charge in [0.15, 0.2) is 5.82 Å². The van der Waals surface area contributed by atoms with E-state index in [1.54, 1.807) is 18.4 Å². The van der Waals surface area contributed by atoms with E-state index in [2.05, 4.69) is 15.0 Å². The number of methoxy groups -OCH3 is 2. The Hall–Kier alpha value is -1.44. The quantitative estimate of drug-likeness (QED) is 0.812.